The van der Waals surface area contributed by atoms with Crippen LogP contribution in [0.25, 0.3) is 0 Å². The molecule has 0 aliphatic heterocycles. The van der Waals surface area contributed by atoms with E-state index in [0.29, 0.717) is 12.1 Å². The first-order valence-corrected chi connectivity index (χ1v) is 6.46. The van der Waals surface area contributed by atoms with Crippen molar-refractivity contribution in [1.29, 1.82) is 0 Å². The van der Waals surface area contributed by atoms with Gasteiger partial charge < -0.3 is 10.6 Å². The average Bonchev–Trinajstić information content (AvgIpc) is 2.45. The van der Waals surface area contributed by atoms with Gasteiger partial charge in [0.05, 0.1) is 0 Å². The minimum Gasteiger partial charge on any atom is -0.334 e. The summed E-state index contributed by atoms with van der Waals surface area (Å²) < 4.78 is 13.4. The molecule has 0 fully saturated rings. The number of hydrogen-bond acceptors (Lipinski definition) is 1. The highest BCUT2D eigenvalue weighted by atomic mass is 19.1. The normalized spacial score (nSPS) is 10.1. The smallest absolute Gasteiger partial charge is 0.315 e. The molecular formula is C16H17FN2O. The number of carbonyl (C=O) groups is 1. The Morgan fingerprint density at radius 3 is 2.15 bits per heavy atom. The van der Waals surface area contributed by atoms with Crippen molar-refractivity contribution in [2.45, 2.75) is 20.0 Å². The molecule has 0 aliphatic rings. The van der Waals surface area contributed by atoms with Crippen LogP contribution in [0.4, 0.5) is 9.18 Å². The molecule has 104 valence electrons. The van der Waals surface area contributed by atoms with Crippen molar-refractivity contribution in [1.82, 2.24) is 10.6 Å². The fourth-order valence-electron chi connectivity index (χ4n) is 1.86. The van der Waals surface area contributed by atoms with Gasteiger partial charge in [0, 0.05) is 18.7 Å². The molecule has 3 nitrogen and oxygen atoms in total. The topological polar surface area (TPSA) is 41.1 Å². The van der Waals surface area contributed by atoms with Gasteiger partial charge >= 0.3 is 6.03 Å². The molecule has 2 aromatic rings. The summed E-state index contributed by atoms with van der Waals surface area (Å²) in [6, 6.07) is 13.9. The van der Waals surface area contributed by atoms with Crippen LogP contribution in [0.5, 0.6) is 0 Å². The lowest BCUT2D eigenvalue weighted by Gasteiger charge is -2.09. The predicted octanol–water partition coefficient (Wildman–Crippen LogP) is 3.13. The molecule has 4 heteroatoms. The van der Waals surface area contributed by atoms with Gasteiger partial charge in [0.25, 0.3) is 0 Å². The fraction of sp³-hybridized carbons (Fsp3) is 0.188. The van der Waals surface area contributed by atoms with Crippen LogP contribution in [0, 0.1) is 12.7 Å². The Morgan fingerprint density at radius 1 is 0.950 bits per heavy atom. The summed E-state index contributed by atoms with van der Waals surface area (Å²) in [5, 5.41) is 5.40. The quantitative estimate of drug-likeness (QED) is 0.882. The molecule has 0 spiro atoms. The largest absolute Gasteiger partial charge is 0.334 e. The van der Waals surface area contributed by atoms with Gasteiger partial charge in [-0.25, -0.2) is 9.18 Å². The molecule has 0 unspecified atom stereocenters. The molecule has 2 amide bonds. The highest BCUT2D eigenvalue weighted by molar-refractivity contribution is 5.73. The first kappa shape index (κ1) is 14.1. The zero-order chi connectivity index (χ0) is 14.4. The Labute approximate surface area is 117 Å². The lowest BCUT2D eigenvalue weighted by atomic mass is 10.1. The van der Waals surface area contributed by atoms with Crippen LogP contribution in [0.2, 0.25) is 0 Å². The molecule has 2 rings (SSSR count). The highest BCUT2D eigenvalue weighted by Crippen LogP contribution is 2.07. The maximum atomic E-state index is 13.4. The van der Waals surface area contributed by atoms with Gasteiger partial charge in [-0.3, -0.25) is 0 Å². The van der Waals surface area contributed by atoms with Gasteiger partial charge in [0.15, 0.2) is 0 Å². The number of halogens is 1. The number of nitrogens with one attached hydrogen (secondary N) is 2. The Balaban J connectivity index is 1.82. The Morgan fingerprint density at radius 2 is 1.50 bits per heavy atom. The van der Waals surface area contributed by atoms with E-state index < -0.39 is 0 Å². The van der Waals surface area contributed by atoms with E-state index in [1.807, 2.05) is 31.2 Å². The maximum Gasteiger partial charge on any atom is 0.315 e. The van der Waals surface area contributed by atoms with E-state index in [1.54, 1.807) is 18.2 Å². The van der Waals surface area contributed by atoms with Crippen LogP contribution in [0.3, 0.4) is 0 Å². The third kappa shape index (κ3) is 3.82. The monoisotopic (exact) mass is 272 g/mol. The van der Waals surface area contributed by atoms with Gasteiger partial charge in [0.1, 0.15) is 5.82 Å². The van der Waals surface area contributed by atoms with Crippen LogP contribution in [0.1, 0.15) is 16.7 Å². The second-order valence-corrected chi connectivity index (χ2v) is 4.55. The second-order valence-electron chi connectivity index (χ2n) is 4.55. The summed E-state index contributed by atoms with van der Waals surface area (Å²) in [4.78, 5) is 11.7. The van der Waals surface area contributed by atoms with Crippen molar-refractivity contribution in [3.8, 4) is 0 Å². The molecule has 0 saturated carbocycles. The van der Waals surface area contributed by atoms with Crippen LogP contribution in [-0.4, -0.2) is 6.03 Å². The zero-order valence-corrected chi connectivity index (χ0v) is 11.3. The predicted molar refractivity (Wildman–Crippen MR) is 76.7 cm³/mol. The summed E-state index contributed by atoms with van der Waals surface area (Å²) >= 11 is 0. The number of carbonyl (C=O) groups excluding carboxylic acids is 1. The SMILES string of the molecule is Cc1ccccc1CNC(=O)NCc1ccccc1F. The Hall–Kier alpha value is -2.36. The molecule has 0 saturated heterocycles. The molecule has 0 atom stereocenters. The maximum absolute atomic E-state index is 13.4. The molecule has 2 aromatic carbocycles. The summed E-state index contributed by atoms with van der Waals surface area (Å²) in [5.74, 6) is -0.313. The number of benzene rings is 2. The molecule has 0 aliphatic carbocycles. The van der Waals surface area contributed by atoms with E-state index in [0.717, 1.165) is 11.1 Å². The average molecular weight is 272 g/mol. The number of urea groups is 1. The summed E-state index contributed by atoms with van der Waals surface area (Å²) in [6.07, 6.45) is 0. The molecule has 0 aromatic heterocycles. The second kappa shape index (κ2) is 6.70. The van der Waals surface area contributed by atoms with Crippen LogP contribution >= 0.6 is 0 Å². The number of aryl methyl sites for hydroxylation is 1. The van der Waals surface area contributed by atoms with E-state index in [-0.39, 0.29) is 18.4 Å². The number of rotatable bonds is 4. The first-order valence-electron chi connectivity index (χ1n) is 6.46. The molecule has 0 radical (unpaired) electrons. The van der Waals surface area contributed by atoms with Gasteiger partial charge in [0.2, 0.25) is 0 Å². The fourth-order valence-corrected chi connectivity index (χ4v) is 1.86. The van der Waals surface area contributed by atoms with Gasteiger partial charge in [-0.15, -0.1) is 0 Å². The number of hydrogen-bond donors (Lipinski definition) is 2. The standard InChI is InChI=1S/C16H17FN2O/c1-12-6-2-3-7-13(12)10-18-16(20)19-11-14-8-4-5-9-15(14)17/h2-9H,10-11H2,1H3,(H2,18,19,20). The van der Waals surface area contributed by atoms with Crippen molar-refractivity contribution in [2.24, 2.45) is 0 Å². The van der Waals surface area contributed by atoms with E-state index in [1.165, 1.54) is 6.07 Å². The first-order chi connectivity index (χ1) is 9.66. The van der Waals surface area contributed by atoms with Crippen molar-refractivity contribution >= 4 is 6.03 Å². The van der Waals surface area contributed by atoms with Crippen LogP contribution in [-0.2, 0) is 13.1 Å². The Bertz CT molecular complexity index is 547. The third-order valence-corrected chi connectivity index (χ3v) is 3.10. The molecule has 0 bridgehead atoms. The van der Waals surface area contributed by atoms with Crippen molar-refractivity contribution in [3.05, 3.63) is 71.0 Å². The van der Waals surface area contributed by atoms with E-state index in [2.05, 4.69) is 10.6 Å². The van der Waals surface area contributed by atoms with Crippen LogP contribution < -0.4 is 10.6 Å². The summed E-state index contributed by atoms with van der Waals surface area (Å²) in [7, 11) is 0. The van der Waals surface area contributed by atoms with E-state index >= 15 is 0 Å². The zero-order valence-electron chi connectivity index (χ0n) is 11.3. The van der Waals surface area contributed by atoms with E-state index in [4.69, 9.17) is 0 Å². The third-order valence-electron chi connectivity index (χ3n) is 3.10. The molecule has 20 heavy (non-hydrogen) atoms. The molecule has 2 N–H and O–H groups in total. The lowest BCUT2D eigenvalue weighted by Crippen LogP contribution is -2.34. The van der Waals surface area contributed by atoms with Crippen LogP contribution in [0.15, 0.2) is 48.5 Å². The molecular weight excluding hydrogens is 255 g/mol. The van der Waals surface area contributed by atoms with Gasteiger partial charge in [-0.1, -0.05) is 42.5 Å². The van der Waals surface area contributed by atoms with Crippen molar-refractivity contribution in [2.75, 3.05) is 0 Å². The van der Waals surface area contributed by atoms with Crippen molar-refractivity contribution < 1.29 is 9.18 Å². The number of amides is 2. The highest BCUT2D eigenvalue weighted by Gasteiger charge is 2.04. The minimum atomic E-state index is -0.313. The minimum absolute atomic E-state index is 0.173. The Kier molecular flexibility index (Phi) is 4.71. The van der Waals surface area contributed by atoms with Gasteiger partial charge in [-0.05, 0) is 24.1 Å². The van der Waals surface area contributed by atoms with Crippen molar-refractivity contribution in [3.63, 3.8) is 0 Å². The van der Waals surface area contributed by atoms with E-state index in [9.17, 15) is 9.18 Å². The summed E-state index contributed by atoms with van der Waals surface area (Å²) in [5.41, 5.74) is 2.66. The lowest BCUT2D eigenvalue weighted by molar-refractivity contribution is 0.240. The molecule has 0 heterocycles. The van der Waals surface area contributed by atoms with Gasteiger partial charge in [-0.2, -0.15) is 0 Å². The summed E-state index contributed by atoms with van der Waals surface area (Å²) in [6.45, 7) is 2.62.